The van der Waals surface area contributed by atoms with E-state index in [0.717, 1.165) is 41.1 Å². The van der Waals surface area contributed by atoms with Gasteiger partial charge in [0.25, 0.3) is 10.0 Å². The highest BCUT2D eigenvalue weighted by Gasteiger charge is 2.28. The predicted molar refractivity (Wildman–Crippen MR) is 130 cm³/mol. The second-order valence-electron chi connectivity index (χ2n) is 8.13. The van der Waals surface area contributed by atoms with Crippen molar-refractivity contribution < 1.29 is 21.6 Å². The molecule has 0 unspecified atom stereocenters. The fourth-order valence-corrected chi connectivity index (χ4v) is 8.34. The topological polar surface area (TPSA) is 92.8 Å². The molecule has 10 heteroatoms. The van der Waals surface area contributed by atoms with Gasteiger partial charge in [0.1, 0.15) is 14.2 Å². The first kappa shape index (κ1) is 23.7. The molecule has 1 aliphatic carbocycles. The summed E-state index contributed by atoms with van der Waals surface area (Å²) in [5.74, 6) is 0.742. The molecule has 2 aromatic carbocycles. The zero-order chi connectivity index (χ0) is 23.8. The Bertz CT molecular complexity index is 1360. The Morgan fingerprint density at radius 1 is 0.939 bits per heavy atom. The maximum atomic E-state index is 13.2. The van der Waals surface area contributed by atoms with Crippen LogP contribution in [0.1, 0.15) is 17.5 Å². The number of sulfone groups is 1. The second kappa shape index (κ2) is 9.09. The maximum absolute atomic E-state index is 13.2. The summed E-state index contributed by atoms with van der Waals surface area (Å²) in [5, 5.41) is 0. The first-order valence-corrected chi connectivity index (χ1v) is 14.2. The van der Waals surface area contributed by atoms with Gasteiger partial charge >= 0.3 is 0 Å². The number of fused-ring (bicyclic) bond motifs is 1. The first-order valence-electron chi connectivity index (χ1n) is 10.4. The molecule has 0 radical (unpaired) electrons. The molecule has 1 N–H and O–H groups in total. The van der Waals surface area contributed by atoms with Gasteiger partial charge in [0, 0.05) is 11.6 Å². The van der Waals surface area contributed by atoms with Gasteiger partial charge in [0.2, 0.25) is 9.84 Å². The highest BCUT2D eigenvalue weighted by Crippen LogP contribution is 2.37. The normalized spacial score (nSPS) is 16.4. The molecule has 1 aromatic heterocycles. The van der Waals surface area contributed by atoms with Crippen molar-refractivity contribution in [2.75, 3.05) is 25.9 Å². The molecule has 4 rings (SSSR count). The van der Waals surface area contributed by atoms with Crippen LogP contribution in [-0.2, 0) is 32.7 Å². The zero-order valence-corrected chi connectivity index (χ0v) is 21.1. The number of rotatable bonds is 7. The van der Waals surface area contributed by atoms with Crippen LogP contribution >= 0.6 is 11.3 Å². The van der Waals surface area contributed by atoms with E-state index in [1.165, 1.54) is 24.3 Å². The lowest BCUT2D eigenvalue weighted by atomic mass is 9.86. The Morgan fingerprint density at radius 3 is 2.30 bits per heavy atom. The number of thiophene rings is 1. The van der Waals surface area contributed by atoms with Crippen LogP contribution in [0.4, 0.5) is 5.69 Å². The summed E-state index contributed by atoms with van der Waals surface area (Å²) in [6, 6.07) is 14.5. The predicted octanol–water partition coefficient (Wildman–Crippen LogP) is 3.81. The van der Waals surface area contributed by atoms with E-state index in [1.54, 1.807) is 37.4 Å². The molecule has 0 amide bonds. The van der Waals surface area contributed by atoms with Gasteiger partial charge in [0.15, 0.2) is 0 Å². The van der Waals surface area contributed by atoms with E-state index in [0.29, 0.717) is 18.2 Å². The standard InChI is InChI=1S/C23H26N2O5S3/c1-25(2)16-9-10-18-19(15-16)21(30-3)12-11-20(18)24-33(28,29)23-14-13-22(31-23)32(26,27)17-7-5-4-6-8-17/h4-8,11-14,16,24H,9-10,15H2,1-3H3/t16-/m0/s1. The number of ether oxygens (including phenoxy) is 1. The number of nitrogens with one attached hydrogen (secondary N) is 1. The SMILES string of the molecule is COc1ccc(NS(=O)(=O)c2ccc(S(=O)(=O)c3ccccc3)s2)c2c1C[C@@H](N(C)C)CC2. The smallest absolute Gasteiger partial charge is 0.271 e. The van der Waals surface area contributed by atoms with Gasteiger partial charge in [-0.05, 0) is 75.3 Å². The molecule has 0 saturated carbocycles. The average Bonchev–Trinajstić information content (AvgIpc) is 3.32. The number of hydrogen-bond donors (Lipinski definition) is 1. The molecule has 0 aliphatic heterocycles. The van der Waals surface area contributed by atoms with Gasteiger partial charge in [0.05, 0.1) is 17.7 Å². The Balaban J connectivity index is 1.65. The second-order valence-corrected chi connectivity index (χ2v) is 13.3. The average molecular weight is 507 g/mol. The molecular weight excluding hydrogens is 480 g/mol. The summed E-state index contributed by atoms with van der Waals surface area (Å²) in [6.07, 6.45) is 2.38. The van der Waals surface area contributed by atoms with E-state index in [1.807, 2.05) is 14.1 Å². The third-order valence-corrected chi connectivity index (χ3v) is 11.1. The molecule has 3 aromatic rings. The van der Waals surface area contributed by atoms with Crippen molar-refractivity contribution in [3.63, 3.8) is 0 Å². The summed E-state index contributed by atoms with van der Waals surface area (Å²) in [6.45, 7) is 0. The Morgan fingerprint density at radius 2 is 1.64 bits per heavy atom. The summed E-state index contributed by atoms with van der Waals surface area (Å²) >= 11 is 0.740. The Labute approximate surface area is 199 Å². The van der Waals surface area contributed by atoms with Crippen molar-refractivity contribution in [2.45, 2.75) is 38.6 Å². The van der Waals surface area contributed by atoms with Crippen LogP contribution in [0.3, 0.4) is 0 Å². The number of anilines is 1. The van der Waals surface area contributed by atoms with Gasteiger partial charge < -0.3 is 9.64 Å². The molecule has 0 spiro atoms. The lowest BCUT2D eigenvalue weighted by Gasteiger charge is -2.32. The highest BCUT2D eigenvalue weighted by molar-refractivity contribution is 7.96. The number of methoxy groups -OCH3 is 1. The maximum Gasteiger partial charge on any atom is 0.271 e. The molecule has 0 fully saturated rings. The Kier molecular flexibility index (Phi) is 6.54. The number of sulfonamides is 1. The molecular formula is C23H26N2O5S3. The van der Waals surface area contributed by atoms with Crippen molar-refractivity contribution in [1.29, 1.82) is 0 Å². The van der Waals surface area contributed by atoms with Crippen molar-refractivity contribution >= 4 is 36.9 Å². The minimum atomic E-state index is -3.97. The van der Waals surface area contributed by atoms with Gasteiger partial charge in [-0.25, -0.2) is 16.8 Å². The van der Waals surface area contributed by atoms with Crippen LogP contribution in [0.2, 0.25) is 0 Å². The fourth-order valence-electron chi connectivity index (χ4n) is 4.06. The van der Waals surface area contributed by atoms with Crippen molar-refractivity contribution in [2.24, 2.45) is 0 Å². The van der Waals surface area contributed by atoms with Gasteiger partial charge in [-0.2, -0.15) is 0 Å². The largest absolute Gasteiger partial charge is 0.496 e. The van der Waals surface area contributed by atoms with Gasteiger partial charge in [-0.1, -0.05) is 18.2 Å². The number of likely N-dealkylation sites (N-methyl/N-ethyl adjacent to an activating group) is 1. The minimum Gasteiger partial charge on any atom is -0.496 e. The van der Waals surface area contributed by atoms with E-state index in [4.69, 9.17) is 4.74 Å². The molecule has 1 aliphatic rings. The monoisotopic (exact) mass is 506 g/mol. The Hall–Kier alpha value is -2.40. The molecule has 0 bridgehead atoms. The van der Waals surface area contributed by atoms with E-state index >= 15 is 0 Å². The van der Waals surface area contributed by atoms with E-state index < -0.39 is 19.9 Å². The van der Waals surface area contributed by atoms with Crippen LogP contribution in [0.15, 0.2) is 67.9 Å². The summed E-state index contributed by atoms with van der Waals surface area (Å²) in [7, 11) is -2.07. The van der Waals surface area contributed by atoms with Crippen molar-refractivity contribution in [1.82, 2.24) is 4.90 Å². The quantitative estimate of drug-likeness (QED) is 0.524. The lowest BCUT2D eigenvalue weighted by molar-refractivity contribution is 0.265. The minimum absolute atomic E-state index is 0.0142. The van der Waals surface area contributed by atoms with Crippen LogP contribution in [0.25, 0.3) is 0 Å². The van der Waals surface area contributed by atoms with Crippen LogP contribution in [-0.4, -0.2) is 49.0 Å². The van der Waals surface area contributed by atoms with E-state index in [2.05, 4.69) is 9.62 Å². The summed E-state index contributed by atoms with van der Waals surface area (Å²) < 4.78 is 60.2. The first-order chi connectivity index (χ1) is 15.6. The zero-order valence-electron chi connectivity index (χ0n) is 18.6. The van der Waals surface area contributed by atoms with Crippen molar-refractivity contribution in [3.05, 3.63) is 65.7 Å². The van der Waals surface area contributed by atoms with E-state index in [9.17, 15) is 16.8 Å². The summed E-state index contributed by atoms with van der Waals surface area (Å²) in [5.41, 5.74) is 2.43. The molecule has 0 saturated heterocycles. The van der Waals surface area contributed by atoms with Crippen LogP contribution in [0.5, 0.6) is 5.75 Å². The third kappa shape index (κ3) is 4.65. The van der Waals surface area contributed by atoms with Crippen LogP contribution in [0, 0.1) is 0 Å². The lowest BCUT2D eigenvalue weighted by Crippen LogP contribution is -2.34. The van der Waals surface area contributed by atoms with Gasteiger partial charge in [-0.3, -0.25) is 4.72 Å². The summed E-state index contributed by atoms with van der Waals surface area (Å²) in [4.78, 5) is 2.29. The molecule has 1 atom stereocenters. The molecule has 176 valence electrons. The van der Waals surface area contributed by atoms with Crippen molar-refractivity contribution in [3.8, 4) is 5.75 Å². The number of nitrogens with zero attached hydrogens (tertiary/aromatic N) is 1. The highest BCUT2D eigenvalue weighted by atomic mass is 32.3. The molecule has 7 nitrogen and oxygen atoms in total. The fraction of sp³-hybridized carbons (Fsp3) is 0.304. The van der Waals surface area contributed by atoms with E-state index in [-0.39, 0.29) is 13.3 Å². The molecule has 1 heterocycles. The molecule has 33 heavy (non-hydrogen) atoms. The number of hydrogen-bond acceptors (Lipinski definition) is 7. The van der Waals surface area contributed by atoms with Gasteiger partial charge in [-0.15, -0.1) is 11.3 Å². The third-order valence-electron chi connectivity index (χ3n) is 5.89. The van der Waals surface area contributed by atoms with Crippen LogP contribution < -0.4 is 9.46 Å². The number of benzene rings is 2.